The zero-order valence-corrected chi connectivity index (χ0v) is 13.5. The zero-order chi connectivity index (χ0) is 19.1. The van der Waals surface area contributed by atoms with Crippen LogP contribution in [-0.4, -0.2) is 59.2 Å². The summed E-state index contributed by atoms with van der Waals surface area (Å²) < 4.78 is 0. The third-order valence-electron chi connectivity index (χ3n) is 2.57. The van der Waals surface area contributed by atoms with Crippen molar-refractivity contribution in [3.05, 3.63) is 0 Å². The summed E-state index contributed by atoms with van der Waals surface area (Å²) in [5.74, 6) is -1.97. The molecule has 24 heavy (non-hydrogen) atoms. The summed E-state index contributed by atoms with van der Waals surface area (Å²) in [6.45, 7) is 0.840. The third-order valence-corrected chi connectivity index (χ3v) is 2.57. The number of nitrogens with two attached hydrogens (primary N) is 6. The summed E-state index contributed by atoms with van der Waals surface area (Å²) >= 11 is 0. The number of carboxylic acids is 2. The van der Waals surface area contributed by atoms with Gasteiger partial charge in [-0.05, 0) is 25.7 Å². The summed E-state index contributed by atoms with van der Waals surface area (Å²) in [6, 6.07) is -1.64. The van der Waals surface area contributed by atoms with Crippen LogP contribution in [0, 0.1) is 0 Å². The first-order chi connectivity index (χ1) is 11.1. The van der Waals surface area contributed by atoms with E-state index in [1.54, 1.807) is 0 Å². The van der Waals surface area contributed by atoms with Crippen molar-refractivity contribution in [2.45, 2.75) is 37.8 Å². The highest BCUT2D eigenvalue weighted by Gasteiger charge is 2.10. The molecule has 0 saturated heterocycles. The Hall–Kier alpha value is -2.60. The molecule has 0 saturated carbocycles. The monoisotopic (exact) mass is 348 g/mol. The summed E-state index contributed by atoms with van der Waals surface area (Å²) in [4.78, 5) is 27.8. The van der Waals surface area contributed by atoms with E-state index in [1.807, 2.05) is 0 Å². The smallest absolute Gasteiger partial charge is 0.320 e. The number of guanidine groups is 2. The second kappa shape index (κ2) is 14.0. The number of hydrogen-bond acceptors (Lipinski definition) is 6. The number of carboxylic acid groups (broad SMARTS) is 2. The standard InChI is InChI=1S/2C6H14N4O2/c2*7-4(5(11)12)2-1-3-10-6(8)9/h2*4H,1-3,7H2,(H,11,12)(H4,8,9,10)/t2*4-/m00/s1. The van der Waals surface area contributed by atoms with Crippen molar-refractivity contribution >= 4 is 23.9 Å². The predicted molar refractivity (Wildman–Crippen MR) is 91.0 cm³/mol. The lowest BCUT2D eigenvalue weighted by Crippen LogP contribution is -2.30. The van der Waals surface area contributed by atoms with Gasteiger partial charge in [0.2, 0.25) is 0 Å². The lowest BCUT2D eigenvalue weighted by molar-refractivity contribution is -0.139. The second-order valence-electron chi connectivity index (χ2n) is 4.79. The SMILES string of the molecule is NC(N)=NCCC[C@H](N)C(=O)O.NC(N)=NCCC[C@H](N)C(=O)O. The summed E-state index contributed by atoms with van der Waals surface area (Å²) in [5, 5.41) is 16.8. The number of hydrogen-bond donors (Lipinski definition) is 8. The van der Waals surface area contributed by atoms with Gasteiger partial charge in [-0.15, -0.1) is 0 Å². The van der Waals surface area contributed by atoms with Gasteiger partial charge in [-0.3, -0.25) is 19.6 Å². The van der Waals surface area contributed by atoms with Crippen LogP contribution >= 0.6 is 0 Å². The van der Waals surface area contributed by atoms with Gasteiger partial charge in [0.05, 0.1) is 0 Å². The van der Waals surface area contributed by atoms with E-state index in [0.717, 1.165) is 0 Å². The van der Waals surface area contributed by atoms with Gasteiger partial charge in [0.1, 0.15) is 12.1 Å². The summed E-state index contributed by atoms with van der Waals surface area (Å²) in [5.41, 5.74) is 30.6. The Kier molecular flexibility index (Phi) is 13.8. The average Bonchev–Trinajstić information content (AvgIpc) is 2.47. The number of aliphatic carboxylic acids is 2. The number of aliphatic imine (C=N–C) groups is 2. The first kappa shape index (κ1) is 23.7. The molecule has 0 aromatic carbocycles. The first-order valence-electron chi connectivity index (χ1n) is 7.15. The van der Waals surface area contributed by atoms with Crippen LogP contribution in [0.4, 0.5) is 0 Å². The van der Waals surface area contributed by atoms with Crippen molar-refractivity contribution in [3.8, 4) is 0 Å². The maximum atomic E-state index is 10.2. The Morgan fingerprint density at radius 3 is 1.25 bits per heavy atom. The molecule has 0 aromatic rings. The number of carbonyl (C=O) groups is 2. The van der Waals surface area contributed by atoms with Crippen LogP contribution in [-0.2, 0) is 9.59 Å². The van der Waals surface area contributed by atoms with Crippen molar-refractivity contribution in [1.29, 1.82) is 0 Å². The van der Waals surface area contributed by atoms with Gasteiger partial charge < -0.3 is 44.6 Å². The summed E-state index contributed by atoms with van der Waals surface area (Å²) in [6.07, 6.45) is 1.91. The fourth-order valence-corrected chi connectivity index (χ4v) is 1.29. The molecule has 12 heteroatoms. The quantitative estimate of drug-likeness (QED) is 0.112. The first-order valence-corrected chi connectivity index (χ1v) is 7.15. The Balaban J connectivity index is 0. The molecule has 0 aliphatic rings. The van der Waals surface area contributed by atoms with E-state index in [4.69, 9.17) is 44.6 Å². The van der Waals surface area contributed by atoms with E-state index in [2.05, 4.69) is 9.98 Å². The van der Waals surface area contributed by atoms with Crippen molar-refractivity contribution in [2.75, 3.05) is 13.1 Å². The molecule has 0 rings (SSSR count). The molecule has 0 unspecified atom stereocenters. The molecule has 0 bridgehead atoms. The molecule has 0 radical (unpaired) electrons. The zero-order valence-electron chi connectivity index (χ0n) is 13.5. The second-order valence-corrected chi connectivity index (χ2v) is 4.79. The molecule has 2 atom stereocenters. The van der Waals surface area contributed by atoms with Gasteiger partial charge in [-0.2, -0.15) is 0 Å². The van der Waals surface area contributed by atoms with Gasteiger partial charge >= 0.3 is 11.9 Å². The predicted octanol–water partition coefficient (Wildman–Crippen LogP) is -3.10. The van der Waals surface area contributed by atoms with Crippen LogP contribution in [0.5, 0.6) is 0 Å². The molecule has 0 aliphatic heterocycles. The fraction of sp³-hybridized carbons (Fsp3) is 0.667. The minimum Gasteiger partial charge on any atom is -0.480 e. The third kappa shape index (κ3) is 17.5. The Morgan fingerprint density at radius 2 is 1.04 bits per heavy atom. The van der Waals surface area contributed by atoms with Crippen LogP contribution in [0.3, 0.4) is 0 Å². The van der Waals surface area contributed by atoms with Crippen LogP contribution in [0.1, 0.15) is 25.7 Å². The molecule has 0 amide bonds. The largest absolute Gasteiger partial charge is 0.480 e. The van der Waals surface area contributed by atoms with Crippen LogP contribution < -0.4 is 34.4 Å². The van der Waals surface area contributed by atoms with E-state index >= 15 is 0 Å². The van der Waals surface area contributed by atoms with Gasteiger partial charge in [-0.25, -0.2) is 0 Å². The Bertz CT molecular complexity index is 393. The lowest BCUT2D eigenvalue weighted by atomic mass is 10.2. The van der Waals surface area contributed by atoms with Gasteiger partial charge in [0, 0.05) is 13.1 Å². The van der Waals surface area contributed by atoms with E-state index < -0.39 is 24.0 Å². The van der Waals surface area contributed by atoms with Crippen LogP contribution in [0.2, 0.25) is 0 Å². The molecular weight excluding hydrogens is 320 g/mol. The molecule has 0 aromatic heterocycles. The van der Waals surface area contributed by atoms with Gasteiger partial charge in [0.25, 0.3) is 0 Å². The van der Waals surface area contributed by atoms with Crippen molar-refractivity contribution < 1.29 is 19.8 Å². The summed E-state index contributed by atoms with van der Waals surface area (Å²) in [7, 11) is 0. The topological polar surface area (TPSA) is 255 Å². The highest BCUT2D eigenvalue weighted by Crippen LogP contribution is 1.95. The minimum absolute atomic E-state index is 0.0129. The van der Waals surface area contributed by atoms with Crippen molar-refractivity contribution in [1.82, 2.24) is 0 Å². The Labute approximate surface area is 140 Å². The van der Waals surface area contributed by atoms with Gasteiger partial charge in [0.15, 0.2) is 11.9 Å². The van der Waals surface area contributed by atoms with Crippen LogP contribution in [0.15, 0.2) is 9.98 Å². The van der Waals surface area contributed by atoms with Crippen molar-refractivity contribution in [3.63, 3.8) is 0 Å². The minimum atomic E-state index is -1.00. The lowest BCUT2D eigenvalue weighted by Gasteiger charge is -2.03. The molecular formula is C12H28N8O4. The molecule has 0 heterocycles. The highest BCUT2D eigenvalue weighted by atomic mass is 16.4. The highest BCUT2D eigenvalue weighted by molar-refractivity contribution is 5.76. The van der Waals surface area contributed by atoms with Crippen molar-refractivity contribution in [2.24, 2.45) is 44.4 Å². The van der Waals surface area contributed by atoms with E-state index in [1.165, 1.54) is 0 Å². The van der Waals surface area contributed by atoms with E-state index in [-0.39, 0.29) is 11.9 Å². The van der Waals surface area contributed by atoms with E-state index in [0.29, 0.717) is 38.8 Å². The molecule has 0 aliphatic carbocycles. The fourth-order valence-electron chi connectivity index (χ4n) is 1.29. The maximum absolute atomic E-state index is 10.2. The number of nitrogens with zero attached hydrogens (tertiary/aromatic N) is 2. The maximum Gasteiger partial charge on any atom is 0.320 e. The molecule has 140 valence electrons. The number of rotatable bonds is 10. The molecule has 0 spiro atoms. The Morgan fingerprint density at radius 1 is 0.750 bits per heavy atom. The molecule has 0 fully saturated rings. The molecule has 12 nitrogen and oxygen atoms in total. The normalized spacial score (nSPS) is 12.1. The van der Waals surface area contributed by atoms with Gasteiger partial charge in [-0.1, -0.05) is 0 Å². The average molecular weight is 348 g/mol. The molecule has 14 N–H and O–H groups in total. The van der Waals surface area contributed by atoms with E-state index in [9.17, 15) is 9.59 Å². The van der Waals surface area contributed by atoms with Crippen LogP contribution in [0.25, 0.3) is 0 Å².